The summed E-state index contributed by atoms with van der Waals surface area (Å²) >= 11 is 0. The van der Waals surface area contributed by atoms with Gasteiger partial charge in [-0.15, -0.1) is 0 Å². The monoisotopic (exact) mass is 243 g/mol. The maximum Gasteiger partial charge on any atom is 0.311 e. The lowest BCUT2D eigenvalue weighted by atomic mass is 9.81. The number of carboxylic acids is 1. The lowest BCUT2D eigenvalue weighted by Gasteiger charge is -2.29. The maximum absolute atomic E-state index is 11.9. The molecule has 0 radical (unpaired) electrons. The number of hydrogen-bond acceptors (Lipinski definition) is 2. The molecule has 0 aromatic heterocycles. The first-order chi connectivity index (χ1) is 7.75. The van der Waals surface area contributed by atoms with Crippen LogP contribution in [0.1, 0.15) is 53.9 Å². The summed E-state index contributed by atoms with van der Waals surface area (Å²) in [6.07, 6.45) is 1.77. The van der Waals surface area contributed by atoms with Crippen molar-refractivity contribution < 1.29 is 14.7 Å². The van der Waals surface area contributed by atoms with E-state index in [4.69, 9.17) is 0 Å². The van der Waals surface area contributed by atoms with E-state index < -0.39 is 16.8 Å². The van der Waals surface area contributed by atoms with Crippen molar-refractivity contribution in [2.75, 3.05) is 6.54 Å². The number of carbonyl (C=O) groups excluding carboxylic acids is 1. The van der Waals surface area contributed by atoms with Crippen molar-refractivity contribution in [3.8, 4) is 0 Å². The average molecular weight is 243 g/mol. The van der Waals surface area contributed by atoms with Crippen LogP contribution in [-0.4, -0.2) is 23.5 Å². The summed E-state index contributed by atoms with van der Waals surface area (Å²) in [6.45, 7) is 9.57. The fourth-order valence-electron chi connectivity index (χ4n) is 1.53. The normalized spacial score (nSPS) is 12.3. The largest absolute Gasteiger partial charge is 0.481 e. The summed E-state index contributed by atoms with van der Waals surface area (Å²) in [5.41, 5.74) is -1.27. The van der Waals surface area contributed by atoms with E-state index in [9.17, 15) is 14.7 Å². The molecule has 17 heavy (non-hydrogen) atoms. The summed E-state index contributed by atoms with van der Waals surface area (Å²) in [6, 6.07) is 0. The summed E-state index contributed by atoms with van der Waals surface area (Å²) < 4.78 is 0. The zero-order valence-corrected chi connectivity index (χ0v) is 11.6. The van der Waals surface area contributed by atoms with Gasteiger partial charge in [0.15, 0.2) is 0 Å². The van der Waals surface area contributed by atoms with Crippen LogP contribution in [0.4, 0.5) is 0 Å². The van der Waals surface area contributed by atoms with Gasteiger partial charge in [-0.05, 0) is 19.3 Å². The van der Waals surface area contributed by atoms with Crippen molar-refractivity contribution >= 4 is 11.9 Å². The Morgan fingerprint density at radius 2 is 1.53 bits per heavy atom. The van der Waals surface area contributed by atoms with Crippen LogP contribution in [0.5, 0.6) is 0 Å². The molecule has 0 heterocycles. The van der Waals surface area contributed by atoms with E-state index in [2.05, 4.69) is 5.32 Å². The Morgan fingerprint density at radius 1 is 1.06 bits per heavy atom. The van der Waals surface area contributed by atoms with Gasteiger partial charge in [-0.2, -0.15) is 0 Å². The zero-order chi connectivity index (χ0) is 13.7. The van der Waals surface area contributed by atoms with Crippen LogP contribution in [0.2, 0.25) is 0 Å². The fraction of sp³-hybridized carbons (Fsp3) is 0.846. The molecule has 0 aliphatic rings. The molecule has 100 valence electrons. The van der Waals surface area contributed by atoms with Crippen LogP contribution >= 0.6 is 0 Å². The van der Waals surface area contributed by atoms with Crippen LogP contribution in [0.25, 0.3) is 0 Å². The molecule has 4 nitrogen and oxygen atoms in total. The predicted molar refractivity (Wildman–Crippen MR) is 67.7 cm³/mol. The van der Waals surface area contributed by atoms with Gasteiger partial charge < -0.3 is 10.4 Å². The molecular formula is C13H25NO3. The summed E-state index contributed by atoms with van der Waals surface area (Å²) in [5, 5.41) is 12.0. The molecule has 2 N–H and O–H groups in total. The summed E-state index contributed by atoms with van der Waals surface area (Å²) in [7, 11) is 0. The van der Waals surface area contributed by atoms with Crippen LogP contribution in [0.3, 0.4) is 0 Å². The summed E-state index contributed by atoms with van der Waals surface area (Å²) in [5.74, 6) is -0.912. The molecule has 0 aliphatic heterocycles. The van der Waals surface area contributed by atoms with Crippen molar-refractivity contribution in [2.24, 2.45) is 10.8 Å². The Bertz CT molecular complexity index is 280. The lowest BCUT2D eigenvalue weighted by molar-refractivity contribution is -0.149. The quantitative estimate of drug-likeness (QED) is 0.721. The van der Waals surface area contributed by atoms with Gasteiger partial charge >= 0.3 is 5.97 Å². The Morgan fingerprint density at radius 3 is 1.82 bits per heavy atom. The highest BCUT2D eigenvalue weighted by atomic mass is 16.4. The standard InChI is InChI=1S/C13H25NO3/c1-6-12(4,5)10(15)14-9-13(7-2,8-3)11(16)17/h6-9H2,1-5H3,(H,14,15)(H,16,17). The van der Waals surface area contributed by atoms with E-state index in [1.165, 1.54) is 0 Å². The zero-order valence-electron chi connectivity index (χ0n) is 11.6. The molecule has 0 aromatic carbocycles. The van der Waals surface area contributed by atoms with Gasteiger partial charge in [0.25, 0.3) is 0 Å². The number of hydrogen-bond donors (Lipinski definition) is 2. The first-order valence-electron chi connectivity index (χ1n) is 6.27. The Kier molecular flexibility index (Phi) is 5.66. The van der Waals surface area contributed by atoms with Crippen molar-refractivity contribution in [1.82, 2.24) is 5.32 Å². The smallest absolute Gasteiger partial charge is 0.311 e. The third-order valence-corrected chi connectivity index (χ3v) is 3.89. The Hall–Kier alpha value is -1.06. The van der Waals surface area contributed by atoms with Gasteiger partial charge in [0.1, 0.15) is 0 Å². The molecule has 0 fully saturated rings. The Labute approximate surface area is 104 Å². The Balaban J connectivity index is 4.63. The second-order valence-electron chi connectivity index (χ2n) is 5.21. The van der Waals surface area contributed by atoms with E-state index in [1.807, 2.05) is 34.6 Å². The number of carboxylic acid groups (broad SMARTS) is 1. The molecule has 0 unspecified atom stereocenters. The molecule has 0 atom stereocenters. The third kappa shape index (κ3) is 3.72. The van der Waals surface area contributed by atoms with Gasteiger partial charge in [-0.1, -0.05) is 34.6 Å². The fourth-order valence-corrected chi connectivity index (χ4v) is 1.53. The topological polar surface area (TPSA) is 66.4 Å². The molecule has 4 heteroatoms. The van der Waals surface area contributed by atoms with Crippen molar-refractivity contribution in [3.05, 3.63) is 0 Å². The molecule has 0 saturated carbocycles. The first kappa shape index (κ1) is 15.9. The lowest BCUT2D eigenvalue weighted by Crippen LogP contribution is -2.46. The average Bonchev–Trinajstić information content (AvgIpc) is 2.30. The molecule has 0 rings (SSSR count). The highest BCUT2D eigenvalue weighted by Gasteiger charge is 2.36. The minimum absolute atomic E-state index is 0.0764. The van der Waals surface area contributed by atoms with Gasteiger partial charge in [-0.3, -0.25) is 9.59 Å². The van der Waals surface area contributed by atoms with E-state index in [0.29, 0.717) is 12.8 Å². The number of carbonyl (C=O) groups is 2. The van der Waals surface area contributed by atoms with Crippen LogP contribution in [0, 0.1) is 10.8 Å². The van der Waals surface area contributed by atoms with E-state index in [-0.39, 0.29) is 12.5 Å². The van der Waals surface area contributed by atoms with Crippen LogP contribution in [-0.2, 0) is 9.59 Å². The highest BCUT2D eigenvalue weighted by molar-refractivity contribution is 5.83. The second-order valence-corrected chi connectivity index (χ2v) is 5.21. The van der Waals surface area contributed by atoms with Gasteiger partial charge in [0.05, 0.1) is 5.41 Å². The predicted octanol–water partition coefficient (Wildman–Crippen LogP) is 2.43. The number of aliphatic carboxylic acids is 1. The molecule has 0 saturated heterocycles. The van der Waals surface area contributed by atoms with E-state index in [1.54, 1.807) is 0 Å². The molecule has 0 spiro atoms. The van der Waals surface area contributed by atoms with Crippen LogP contribution in [0.15, 0.2) is 0 Å². The minimum atomic E-state index is -0.836. The van der Waals surface area contributed by atoms with Gasteiger partial charge in [-0.25, -0.2) is 0 Å². The van der Waals surface area contributed by atoms with E-state index >= 15 is 0 Å². The van der Waals surface area contributed by atoms with Crippen molar-refractivity contribution in [3.63, 3.8) is 0 Å². The number of nitrogens with one attached hydrogen (secondary N) is 1. The summed E-state index contributed by atoms with van der Waals surface area (Å²) in [4.78, 5) is 23.2. The highest BCUT2D eigenvalue weighted by Crippen LogP contribution is 2.27. The van der Waals surface area contributed by atoms with Gasteiger partial charge in [0.2, 0.25) is 5.91 Å². The first-order valence-corrected chi connectivity index (χ1v) is 6.27. The second kappa shape index (κ2) is 6.03. The number of rotatable bonds is 7. The number of amides is 1. The van der Waals surface area contributed by atoms with Gasteiger partial charge in [0, 0.05) is 12.0 Å². The third-order valence-electron chi connectivity index (χ3n) is 3.89. The van der Waals surface area contributed by atoms with Crippen LogP contribution < -0.4 is 5.32 Å². The molecule has 0 bridgehead atoms. The molecule has 0 aliphatic carbocycles. The van der Waals surface area contributed by atoms with Crippen molar-refractivity contribution in [1.29, 1.82) is 0 Å². The maximum atomic E-state index is 11.9. The molecule has 0 aromatic rings. The molecular weight excluding hydrogens is 218 g/mol. The SMILES string of the molecule is CCC(C)(C)C(=O)NCC(CC)(CC)C(=O)O. The molecule has 1 amide bonds. The minimum Gasteiger partial charge on any atom is -0.481 e. The van der Waals surface area contributed by atoms with Crippen molar-refractivity contribution in [2.45, 2.75) is 53.9 Å². The van der Waals surface area contributed by atoms with E-state index in [0.717, 1.165) is 6.42 Å².